The maximum absolute atomic E-state index is 12.8. The molecule has 1 atom stereocenters. The molecule has 128 valence electrons. The summed E-state index contributed by atoms with van der Waals surface area (Å²) in [5, 5.41) is 0. The summed E-state index contributed by atoms with van der Waals surface area (Å²) in [6, 6.07) is 10.7. The van der Waals surface area contributed by atoms with Crippen molar-refractivity contribution in [3.8, 4) is 5.75 Å². The first kappa shape index (κ1) is 16.6. The molecule has 0 radical (unpaired) electrons. The quantitative estimate of drug-likeness (QED) is 0.856. The molecule has 0 spiro atoms. The molecule has 3 nitrogen and oxygen atoms in total. The number of benzene rings is 2. The average Bonchev–Trinajstić information content (AvgIpc) is 3.03. The predicted octanol–water partition coefficient (Wildman–Crippen LogP) is 4.05. The van der Waals surface area contributed by atoms with E-state index in [-0.39, 0.29) is 6.10 Å². The number of hydrogen-bond donors (Lipinski definition) is 1. The van der Waals surface area contributed by atoms with Gasteiger partial charge in [-0.2, -0.15) is 13.2 Å². The number of ether oxygens (including phenoxy) is 2. The molecule has 1 aliphatic heterocycles. The Morgan fingerprint density at radius 3 is 2.50 bits per heavy atom. The van der Waals surface area contributed by atoms with Crippen LogP contribution >= 0.6 is 0 Å². The van der Waals surface area contributed by atoms with Crippen molar-refractivity contribution in [1.82, 2.24) is 0 Å². The van der Waals surface area contributed by atoms with Gasteiger partial charge in [0.25, 0.3) is 0 Å². The molecule has 2 N–H and O–H groups in total. The summed E-state index contributed by atoms with van der Waals surface area (Å²) < 4.78 is 49.5. The van der Waals surface area contributed by atoms with Crippen LogP contribution in [0.15, 0.2) is 42.5 Å². The zero-order valence-corrected chi connectivity index (χ0v) is 13.0. The molecule has 1 heterocycles. The van der Waals surface area contributed by atoms with Gasteiger partial charge in [-0.05, 0) is 47.9 Å². The Bertz CT molecular complexity index is 692. The summed E-state index contributed by atoms with van der Waals surface area (Å²) in [5.74, 6) is 0.728. The van der Waals surface area contributed by atoms with Gasteiger partial charge < -0.3 is 15.2 Å². The summed E-state index contributed by atoms with van der Waals surface area (Å²) in [6.45, 7) is 1.29. The van der Waals surface area contributed by atoms with Gasteiger partial charge in [-0.1, -0.05) is 12.1 Å². The van der Waals surface area contributed by atoms with Crippen molar-refractivity contribution in [3.05, 3.63) is 59.2 Å². The van der Waals surface area contributed by atoms with Crippen molar-refractivity contribution in [2.24, 2.45) is 0 Å². The monoisotopic (exact) mass is 337 g/mol. The number of anilines is 1. The summed E-state index contributed by atoms with van der Waals surface area (Å²) >= 11 is 0. The summed E-state index contributed by atoms with van der Waals surface area (Å²) in [7, 11) is 0. The fourth-order valence-electron chi connectivity index (χ4n) is 2.64. The smallest absolute Gasteiger partial charge is 0.416 e. The zero-order chi connectivity index (χ0) is 17.2. The van der Waals surface area contributed by atoms with Crippen LogP contribution in [0.5, 0.6) is 5.75 Å². The van der Waals surface area contributed by atoms with Crippen LogP contribution in [0.1, 0.15) is 23.1 Å². The molecule has 0 aromatic heterocycles. The minimum Gasteiger partial charge on any atom is -0.488 e. The van der Waals surface area contributed by atoms with E-state index < -0.39 is 11.7 Å². The molecule has 0 aliphatic carbocycles. The van der Waals surface area contributed by atoms with Crippen LogP contribution in [-0.2, 0) is 17.3 Å². The molecule has 2 aromatic carbocycles. The average molecular weight is 337 g/mol. The number of halogens is 3. The van der Waals surface area contributed by atoms with Gasteiger partial charge in [0.1, 0.15) is 11.9 Å². The van der Waals surface area contributed by atoms with E-state index in [1.54, 1.807) is 0 Å². The first-order chi connectivity index (χ1) is 11.4. The second-order valence-corrected chi connectivity index (χ2v) is 5.84. The van der Waals surface area contributed by atoms with E-state index in [2.05, 4.69) is 0 Å². The number of rotatable bonds is 4. The van der Waals surface area contributed by atoms with Gasteiger partial charge in [0, 0.05) is 12.1 Å². The Morgan fingerprint density at radius 2 is 1.88 bits per heavy atom. The fourth-order valence-corrected chi connectivity index (χ4v) is 2.64. The Kier molecular flexibility index (Phi) is 4.66. The first-order valence-electron chi connectivity index (χ1n) is 7.71. The van der Waals surface area contributed by atoms with E-state index in [0.29, 0.717) is 30.9 Å². The molecular weight excluding hydrogens is 319 g/mol. The third kappa shape index (κ3) is 4.00. The lowest BCUT2D eigenvalue weighted by Gasteiger charge is -2.13. The third-order valence-electron chi connectivity index (χ3n) is 3.98. The third-order valence-corrected chi connectivity index (χ3v) is 3.98. The topological polar surface area (TPSA) is 44.5 Å². The van der Waals surface area contributed by atoms with Crippen molar-refractivity contribution in [1.29, 1.82) is 0 Å². The molecular formula is C18H18F3NO2. The highest BCUT2D eigenvalue weighted by molar-refractivity contribution is 5.51. The lowest BCUT2D eigenvalue weighted by atomic mass is 10.0. The number of nitrogen functional groups attached to an aromatic ring is 1. The lowest BCUT2D eigenvalue weighted by Crippen LogP contribution is -2.15. The van der Waals surface area contributed by atoms with Crippen LogP contribution in [0.4, 0.5) is 18.9 Å². The van der Waals surface area contributed by atoms with E-state index >= 15 is 0 Å². The summed E-state index contributed by atoms with van der Waals surface area (Å²) in [6.07, 6.45) is -3.11. The maximum atomic E-state index is 12.8. The van der Waals surface area contributed by atoms with E-state index in [0.717, 1.165) is 29.9 Å². The van der Waals surface area contributed by atoms with Gasteiger partial charge in [0.05, 0.1) is 18.8 Å². The van der Waals surface area contributed by atoms with Gasteiger partial charge >= 0.3 is 6.18 Å². The van der Waals surface area contributed by atoms with E-state index in [4.69, 9.17) is 15.2 Å². The molecule has 0 amide bonds. The Balaban J connectivity index is 1.71. The summed E-state index contributed by atoms with van der Waals surface area (Å²) in [5.41, 5.74) is 6.81. The highest BCUT2D eigenvalue weighted by Crippen LogP contribution is 2.32. The van der Waals surface area contributed by atoms with Crippen molar-refractivity contribution in [2.75, 3.05) is 18.9 Å². The van der Waals surface area contributed by atoms with Crippen LogP contribution < -0.4 is 10.5 Å². The molecule has 6 heteroatoms. The lowest BCUT2D eigenvalue weighted by molar-refractivity contribution is -0.137. The summed E-state index contributed by atoms with van der Waals surface area (Å²) in [4.78, 5) is 0. The van der Waals surface area contributed by atoms with Gasteiger partial charge in [0.15, 0.2) is 0 Å². The van der Waals surface area contributed by atoms with Crippen molar-refractivity contribution in [2.45, 2.75) is 25.1 Å². The molecule has 1 aliphatic rings. The number of hydrogen-bond acceptors (Lipinski definition) is 3. The zero-order valence-electron chi connectivity index (χ0n) is 13.0. The second-order valence-electron chi connectivity index (χ2n) is 5.84. The van der Waals surface area contributed by atoms with Crippen molar-refractivity contribution in [3.63, 3.8) is 0 Å². The number of nitrogens with two attached hydrogens (primary N) is 1. The predicted molar refractivity (Wildman–Crippen MR) is 85.0 cm³/mol. The van der Waals surface area contributed by atoms with E-state index in [9.17, 15) is 13.2 Å². The van der Waals surface area contributed by atoms with Crippen LogP contribution in [-0.4, -0.2) is 19.3 Å². The van der Waals surface area contributed by atoms with Crippen LogP contribution in [0, 0.1) is 0 Å². The normalized spacial score (nSPS) is 17.9. The van der Waals surface area contributed by atoms with E-state index in [1.165, 1.54) is 6.07 Å². The Hall–Kier alpha value is -2.21. The van der Waals surface area contributed by atoms with Crippen LogP contribution in [0.3, 0.4) is 0 Å². The minimum absolute atomic E-state index is 0.0648. The Labute approximate surface area is 138 Å². The SMILES string of the molecule is Nc1ccc(C(F)(F)F)cc1Cc1ccc(O[C@@H]2CCOC2)cc1. The molecule has 1 fully saturated rings. The van der Waals surface area contributed by atoms with Gasteiger partial charge in [-0.25, -0.2) is 0 Å². The van der Waals surface area contributed by atoms with Gasteiger partial charge in [-0.15, -0.1) is 0 Å². The molecule has 24 heavy (non-hydrogen) atoms. The molecule has 1 saturated heterocycles. The highest BCUT2D eigenvalue weighted by Gasteiger charge is 2.30. The molecule has 0 bridgehead atoms. The second kappa shape index (κ2) is 6.73. The van der Waals surface area contributed by atoms with Crippen molar-refractivity contribution < 1.29 is 22.6 Å². The largest absolute Gasteiger partial charge is 0.488 e. The van der Waals surface area contributed by atoms with Crippen LogP contribution in [0.25, 0.3) is 0 Å². The van der Waals surface area contributed by atoms with Crippen molar-refractivity contribution >= 4 is 5.69 Å². The van der Waals surface area contributed by atoms with Gasteiger partial charge in [0.2, 0.25) is 0 Å². The Morgan fingerprint density at radius 1 is 1.12 bits per heavy atom. The molecule has 0 unspecified atom stereocenters. The van der Waals surface area contributed by atoms with E-state index in [1.807, 2.05) is 24.3 Å². The molecule has 0 saturated carbocycles. The van der Waals surface area contributed by atoms with Gasteiger partial charge in [-0.3, -0.25) is 0 Å². The van der Waals surface area contributed by atoms with Crippen LogP contribution in [0.2, 0.25) is 0 Å². The minimum atomic E-state index is -4.37. The standard InChI is InChI=1S/C18H18F3NO2/c19-18(20,21)14-3-6-17(22)13(10-14)9-12-1-4-15(5-2-12)24-16-7-8-23-11-16/h1-6,10,16H,7-9,11,22H2/t16-/m1/s1. The molecule has 2 aromatic rings. The fraction of sp³-hybridized carbons (Fsp3) is 0.333. The highest BCUT2D eigenvalue weighted by atomic mass is 19.4. The number of alkyl halides is 3. The molecule has 3 rings (SSSR count). The first-order valence-corrected chi connectivity index (χ1v) is 7.71. The maximum Gasteiger partial charge on any atom is 0.416 e.